The van der Waals surface area contributed by atoms with E-state index in [1.165, 1.54) is 12.1 Å². The summed E-state index contributed by atoms with van der Waals surface area (Å²) in [6.07, 6.45) is 3.15. The summed E-state index contributed by atoms with van der Waals surface area (Å²) in [4.78, 5) is 32.6. The third-order valence-corrected chi connectivity index (χ3v) is 5.63. The van der Waals surface area contributed by atoms with E-state index < -0.39 is 17.4 Å². The molecule has 3 aromatic rings. The topological polar surface area (TPSA) is 101 Å². The molecule has 3 heterocycles. The smallest absolute Gasteiger partial charge is 0.337 e. The third kappa shape index (κ3) is 3.58. The lowest BCUT2D eigenvalue weighted by Crippen LogP contribution is -2.50. The number of pyridine rings is 2. The SMILES string of the molecule is O=C(O)c1ccc(C(=O)NC2(c3ccc(Cl)c(Cl)c3)CCOc3cccnc32)nc1. The van der Waals surface area contributed by atoms with Gasteiger partial charge in [-0.2, -0.15) is 0 Å². The van der Waals surface area contributed by atoms with E-state index in [2.05, 4.69) is 15.3 Å². The van der Waals surface area contributed by atoms with Crippen LogP contribution >= 0.6 is 23.2 Å². The Kier molecular flexibility index (Phi) is 5.32. The molecule has 0 saturated carbocycles. The number of carbonyl (C=O) groups excluding carboxylic acids is 1. The van der Waals surface area contributed by atoms with Gasteiger partial charge in [0.15, 0.2) is 0 Å². The summed E-state index contributed by atoms with van der Waals surface area (Å²) in [5, 5.41) is 12.8. The number of halogens is 2. The van der Waals surface area contributed by atoms with Crippen LogP contribution in [0.1, 0.15) is 38.5 Å². The average Bonchev–Trinajstić information content (AvgIpc) is 2.76. The van der Waals surface area contributed by atoms with Crippen LogP contribution in [-0.4, -0.2) is 33.6 Å². The lowest BCUT2D eigenvalue weighted by atomic mass is 9.81. The first-order valence-electron chi connectivity index (χ1n) is 8.96. The highest BCUT2D eigenvalue weighted by Gasteiger charge is 2.43. The van der Waals surface area contributed by atoms with Crippen molar-refractivity contribution >= 4 is 35.1 Å². The third-order valence-electron chi connectivity index (χ3n) is 4.89. The number of aromatic nitrogens is 2. The predicted molar refractivity (Wildman–Crippen MR) is 110 cm³/mol. The van der Waals surface area contributed by atoms with Gasteiger partial charge in [-0.1, -0.05) is 29.3 Å². The van der Waals surface area contributed by atoms with Crippen molar-refractivity contribution in [2.45, 2.75) is 12.0 Å². The van der Waals surface area contributed by atoms with Gasteiger partial charge in [0.05, 0.1) is 22.2 Å². The van der Waals surface area contributed by atoms with Crippen LogP contribution in [0.3, 0.4) is 0 Å². The molecule has 1 aromatic carbocycles. The summed E-state index contributed by atoms with van der Waals surface area (Å²) < 4.78 is 5.73. The number of rotatable bonds is 4. The number of amides is 1. The van der Waals surface area contributed by atoms with E-state index in [1.807, 2.05) is 0 Å². The first kappa shape index (κ1) is 20.1. The average molecular weight is 444 g/mol. The van der Waals surface area contributed by atoms with Gasteiger partial charge in [0.25, 0.3) is 5.91 Å². The molecule has 1 atom stereocenters. The van der Waals surface area contributed by atoms with Crippen LogP contribution in [0.4, 0.5) is 0 Å². The second-order valence-corrected chi connectivity index (χ2v) is 7.49. The van der Waals surface area contributed by atoms with Crippen LogP contribution < -0.4 is 10.1 Å². The first-order valence-corrected chi connectivity index (χ1v) is 9.72. The Bertz CT molecular complexity index is 1140. The number of ether oxygens (including phenoxy) is 1. The molecule has 1 aliphatic rings. The van der Waals surface area contributed by atoms with Crippen molar-refractivity contribution in [2.75, 3.05) is 6.61 Å². The number of carboxylic acids is 1. The van der Waals surface area contributed by atoms with Gasteiger partial charge in [-0.3, -0.25) is 14.8 Å². The molecule has 7 nitrogen and oxygen atoms in total. The Morgan fingerprint density at radius 1 is 1.10 bits per heavy atom. The Hall–Kier alpha value is -3.16. The van der Waals surface area contributed by atoms with Crippen LogP contribution in [0.2, 0.25) is 10.0 Å². The molecule has 4 rings (SSSR count). The van der Waals surface area contributed by atoms with Crippen molar-refractivity contribution in [2.24, 2.45) is 0 Å². The fraction of sp³-hybridized carbons (Fsp3) is 0.143. The van der Waals surface area contributed by atoms with Crippen molar-refractivity contribution in [1.82, 2.24) is 15.3 Å². The Morgan fingerprint density at radius 3 is 2.63 bits per heavy atom. The fourth-order valence-corrected chi connectivity index (χ4v) is 3.71. The molecule has 30 heavy (non-hydrogen) atoms. The second-order valence-electron chi connectivity index (χ2n) is 6.67. The van der Waals surface area contributed by atoms with E-state index in [-0.39, 0.29) is 11.3 Å². The number of hydrogen-bond donors (Lipinski definition) is 2. The maximum Gasteiger partial charge on any atom is 0.337 e. The minimum absolute atomic E-state index is 0.0103. The molecule has 0 bridgehead atoms. The summed E-state index contributed by atoms with van der Waals surface area (Å²) in [5.41, 5.74) is 0.251. The Labute approximate surface area is 181 Å². The van der Waals surface area contributed by atoms with Crippen molar-refractivity contribution in [3.05, 3.63) is 87.4 Å². The van der Waals surface area contributed by atoms with Crippen LogP contribution in [0.25, 0.3) is 0 Å². The van der Waals surface area contributed by atoms with Crippen LogP contribution in [0.15, 0.2) is 54.9 Å². The van der Waals surface area contributed by atoms with Gasteiger partial charge < -0.3 is 15.2 Å². The zero-order valence-electron chi connectivity index (χ0n) is 15.4. The van der Waals surface area contributed by atoms with E-state index in [9.17, 15) is 9.59 Å². The molecular formula is C21H15Cl2N3O4. The molecule has 0 spiro atoms. The number of carboxylic acid groups (broad SMARTS) is 1. The molecular weight excluding hydrogens is 429 g/mol. The molecule has 2 aromatic heterocycles. The highest BCUT2D eigenvalue weighted by atomic mass is 35.5. The molecule has 2 N–H and O–H groups in total. The Balaban J connectivity index is 1.80. The minimum Gasteiger partial charge on any atom is -0.491 e. The highest BCUT2D eigenvalue weighted by molar-refractivity contribution is 6.42. The van der Waals surface area contributed by atoms with Crippen molar-refractivity contribution < 1.29 is 19.4 Å². The first-order chi connectivity index (χ1) is 14.4. The summed E-state index contributed by atoms with van der Waals surface area (Å²) in [5.74, 6) is -1.06. The number of benzene rings is 1. The molecule has 0 aliphatic carbocycles. The lowest BCUT2D eigenvalue weighted by molar-refractivity contribution is 0.0695. The maximum atomic E-state index is 13.1. The van der Waals surface area contributed by atoms with Crippen LogP contribution in [0, 0.1) is 0 Å². The second kappa shape index (κ2) is 7.93. The highest BCUT2D eigenvalue weighted by Crippen LogP contribution is 2.42. The van der Waals surface area contributed by atoms with Crippen molar-refractivity contribution in [3.8, 4) is 5.75 Å². The quantitative estimate of drug-likeness (QED) is 0.632. The number of nitrogens with zero attached hydrogens (tertiary/aromatic N) is 2. The normalized spacial score (nSPS) is 17.5. The molecule has 1 amide bonds. The van der Waals surface area contributed by atoms with E-state index in [0.29, 0.717) is 40.1 Å². The molecule has 1 unspecified atom stereocenters. The van der Waals surface area contributed by atoms with E-state index in [1.54, 1.807) is 36.5 Å². The molecule has 152 valence electrons. The van der Waals surface area contributed by atoms with E-state index >= 15 is 0 Å². The molecule has 0 radical (unpaired) electrons. The molecule has 9 heteroatoms. The summed E-state index contributed by atoms with van der Waals surface area (Å²) >= 11 is 12.3. The van der Waals surface area contributed by atoms with Gasteiger partial charge in [0.1, 0.15) is 22.7 Å². The van der Waals surface area contributed by atoms with Crippen molar-refractivity contribution in [3.63, 3.8) is 0 Å². The molecule has 0 fully saturated rings. The van der Waals surface area contributed by atoms with Gasteiger partial charge in [0.2, 0.25) is 0 Å². The molecule has 1 aliphatic heterocycles. The minimum atomic E-state index is -1.12. The number of fused-ring (bicyclic) bond motifs is 1. The number of hydrogen-bond acceptors (Lipinski definition) is 5. The Morgan fingerprint density at radius 2 is 1.93 bits per heavy atom. The van der Waals surface area contributed by atoms with E-state index in [0.717, 1.165) is 6.20 Å². The summed E-state index contributed by atoms with van der Waals surface area (Å²) in [6, 6.07) is 11.3. The fourth-order valence-electron chi connectivity index (χ4n) is 3.41. The summed E-state index contributed by atoms with van der Waals surface area (Å²) in [7, 11) is 0. The standard InChI is InChI=1S/C21H15Cl2N3O4/c22-14-5-4-13(10-15(14)23)21(7-9-30-17-2-1-8-24-18(17)21)26-19(27)16-6-3-12(11-25-16)20(28)29/h1-6,8,10-11H,7,9H2,(H,26,27)(H,28,29). The number of nitrogens with one attached hydrogen (secondary N) is 1. The van der Waals surface area contributed by atoms with Crippen LogP contribution in [0.5, 0.6) is 5.75 Å². The number of aromatic carboxylic acids is 1. The van der Waals surface area contributed by atoms with Crippen LogP contribution in [-0.2, 0) is 5.54 Å². The van der Waals surface area contributed by atoms with Crippen molar-refractivity contribution in [1.29, 1.82) is 0 Å². The van der Waals surface area contributed by atoms with Gasteiger partial charge in [0, 0.05) is 18.8 Å². The summed E-state index contributed by atoms with van der Waals surface area (Å²) in [6.45, 7) is 0.338. The zero-order chi connectivity index (χ0) is 21.3. The van der Waals surface area contributed by atoms with E-state index in [4.69, 9.17) is 33.0 Å². The van der Waals surface area contributed by atoms with Gasteiger partial charge in [-0.05, 0) is 42.0 Å². The number of carbonyl (C=O) groups is 2. The maximum absolute atomic E-state index is 13.1. The molecule has 0 saturated heterocycles. The van der Waals surface area contributed by atoms with Gasteiger partial charge in [-0.25, -0.2) is 4.79 Å². The van der Waals surface area contributed by atoms with Gasteiger partial charge >= 0.3 is 5.97 Å². The monoisotopic (exact) mass is 443 g/mol. The lowest BCUT2D eigenvalue weighted by Gasteiger charge is -2.39. The largest absolute Gasteiger partial charge is 0.491 e. The van der Waals surface area contributed by atoms with Gasteiger partial charge in [-0.15, -0.1) is 0 Å². The predicted octanol–water partition coefficient (Wildman–Crippen LogP) is 3.94. The zero-order valence-corrected chi connectivity index (χ0v) is 16.9.